The second kappa shape index (κ2) is 6.74. The number of carbonyl (C=O) groups excluding carboxylic acids is 1. The van der Waals surface area contributed by atoms with Gasteiger partial charge in [0.05, 0.1) is 17.0 Å². The molecule has 0 unspecified atom stereocenters. The average Bonchev–Trinajstić information content (AvgIpc) is 2.45. The Morgan fingerprint density at radius 3 is 2.73 bits per heavy atom. The van der Waals surface area contributed by atoms with Crippen molar-refractivity contribution in [1.29, 1.82) is 0 Å². The second-order valence-electron chi connectivity index (χ2n) is 4.77. The number of carbonyl (C=O) groups is 1. The lowest BCUT2D eigenvalue weighted by Crippen LogP contribution is -2.23. The highest BCUT2D eigenvalue weighted by molar-refractivity contribution is 9.10. The monoisotopic (exact) mass is 364 g/mol. The number of hydrogen-bond acceptors (Lipinski definition) is 5. The third-order valence-corrected chi connectivity index (χ3v) is 3.63. The molecule has 2 aromatic rings. The molecular formula is C15H17BrN4O2. The molecule has 1 aromatic carbocycles. The van der Waals surface area contributed by atoms with Crippen LogP contribution in [0.4, 0.5) is 5.95 Å². The molecule has 0 spiro atoms. The fraction of sp³-hybridized carbons (Fsp3) is 0.267. The molecule has 1 aromatic heterocycles. The largest absolute Gasteiger partial charge is 0.487 e. The van der Waals surface area contributed by atoms with Crippen LogP contribution in [0.5, 0.6) is 5.75 Å². The minimum absolute atomic E-state index is 0.122. The molecule has 1 heterocycles. The van der Waals surface area contributed by atoms with Crippen LogP contribution in [0.25, 0.3) is 0 Å². The zero-order valence-electron chi connectivity index (χ0n) is 12.6. The number of aryl methyl sites for hydroxylation is 2. The van der Waals surface area contributed by atoms with Crippen molar-refractivity contribution in [3.05, 3.63) is 45.2 Å². The first kappa shape index (κ1) is 16.2. The van der Waals surface area contributed by atoms with Crippen molar-refractivity contribution < 1.29 is 9.53 Å². The molecule has 0 aliphatic carbocycles. The van der Waals surface area contributed by atoms with Gasteiger partial charge in [0, 0.05) is 11.5 Å². The molecule has 6 nitrogen and oxygen atoms in total. The molecule has 0 aliphatic heterocycles. The van der Waals surface area contributed by atoms with Gasteiger partial charge in [0.25, 0.3) is 5.91 Å². The van der Waals surface area contributed by atoms with Gasteiger partial charge >= 0.3 is 0 Å². The van der Waals surface area contributed by atoms with E-state index in [1.54, 1.807) is 14.0 Å². The number of benzene rings is 1. The molecule has 1 amide bonds. The number of anilines is 1. The normalized spacial score (nSPS) is 10.4. The van der Waals surface area contributed by atoms with Gasteiger partial charge in [0.1, 0.15) is 12.4 Å². The van der Waals surface area contributed by atoms with Crippen LogP contribution >= 0.6 is 15.9 Å². The van der Waals surface area contributed by atoms with Crippen LogP contribution in [0.2, 0.25) is 0 Å². The van der Waals surface area contributed by atoms with Crippen molar-refractivity contribution in [1.82, 2.24) is 15.3 Å². The summed E-state index contributed by atoms with van der Waals surface area (Å²) in [4.78, 5) is 20.2. The van der Waals surface area contributed by atoms with Crippen LogP contribution in [0, 0.1) is 13.8 Å². The summed E-state index contributed by atoms with van der Waals surface area (Å²) in [5, 5.41) is 2.58. The van der Waals surface area contributed by atoms with Crippen molar-refractivity contribution in [3.8, 4) is 5.75 Å². The fourth-order valence-corrected chi connectivity index (χ4v) is 2.58. The highest BCUT2D eigenvalue weighted by atomic mass is 79.9. The molecule has 0 fully saturated rings. The van der Waals surface area contributed by atoms with Crippen LogP contribution in [0.15, 0.2) is 22.7 Å². The van der Waals surface area contributed by atoms with Gasteiger partial charge in [-0.3, -0.25) is 4.79 Å². The fourth-order valence-electron chi connectivity index (χ4n) is 2.10. The summed E-state index contributed by atoms with van der Waals surface area (Å²) in [7, 11) is 1.56. The van der Waals surface area contributed by atoms with Gasteiger partial charge in [-0.1, -0.05) is 15.9 Å². The molecule has 116 valence electrons. The number of amides is 1. The maximum atomic E-state index is 12.0. The van der Waals surface area contributed by atoms with Gasteiger partial charge in [-0.25, -0.2) is 9.97 Å². The van der Waals surface area contributed by atoms with Crippen LogP contribution in [0.1, 0.15) is 27.3 Å². The van der Waals surface area contributed by atoms with Gasteiger partial charge in [-0.2, -0.15) is 0 Å². The van der Waals surface area contributed by atoms with Gasteiger partial charge < -0.3 is 15.8 Å². The summed E-state index contributed by atoms with van der Waals surface area (Å²) in [6.07, 6.45) is 0. The van der Waals surface area contributed by atoms with Crippen molar-refractivity contribution in [3.63, 3.8) is 0 Å². The predicted molar refractivity (Wildman–Crippen MR) is 87.8 cm³/mol. The first-order valence-corrected chi connectivity index (χ1v) is 7.45. The second-order valence-corrected chi connectivity index (χ2v) is 5.68. The van der Waals surface area contributed by atoms with Crippen molar-refractivity contribution >= 4 is 27.8 Å². The summed E-state index contributed by atoms with van der Waals surface area (Å²) in [6.45, 7) is 3.80. The molecule has 0 saturated carbocycles. The highest BCUT2D eigenvalue weighted by Gasteiger charge is 2.17. The smallest absolute Gasteiger partial charge is 0.254 e. The van der Waals surface area contributed by atoms with Crippen LogP contribution in [0.3, 0.4) is 0 Å². The Morgan fingerprint density at radius 2 is 2.09 bits per heavy atom. The lowest BCUT2D eigenvalue weighted by Gasteiger charge is -2.13. The molecule has 0 saturated heterocycles. The van der Waals surface area contributed by atoms with E-state index < -0.39 is 0 Å². The molecule has 7 heteroatoms. The third kappa shape index (κ3) is 3.54. The average molecular weight is 365 g/mol. The number of hydrogen-bond donors (Lipinski definition) is 2. The van der Waals surface area contributed by atoms with E-state index in [2.05, 4.69) is 31.2 Å². The lowest BCUT2D eigenvalue weighted by atomic mass is 10.1. The van der Waals surface area contributed by atoms with Crippen LogP contribution in [-0.4, -0.2) is 22.9 Å². The standard InChI is InChI=1S/C15H17BrN4O2/c1-8-6-10(16)4-5-12(8)22-7-11-13(14(21)18-3)9(2)19-15(17)20-11/h4-6H,7H2,1-3H3,(H,18,21)(H2,17,19,20). The van der Waals surface area contributed by atoms with Crippen molar-refractivity contribution in [2.75, 3.05) is 12.8 Å². The highest BCUT2D eigenvalue weighted by Crippen LogP contribution is 2.23. The first-order valence-electron chi connectivity index (χ1n) is 6.66. The maximum Gasteiger partial charge on any atom is 0.254 e. The molecule has 0 bridgehead atoms. The SMILES string of the molecule is CNC(=O)c1c(C)nc(N)nc1COc1ccc(Br)cc1C. The Hall–Kier alpha value is -2.15. The number of nitrogens with one attached hydrogen (secondary N) is 1. The predicted octanol–water partition coefficient (Wildman–Crippen LogP) is 2.38. The van der Waals surface area contributed by atoms with Gasteiger partial charge in [-0.15, -0.1) is 0 Å². The Kier molecular flexibility index (Phi) is 4.97. The maximum absolute atomic E-state index is 12.0. The van der Waals surface area contributed by atoms with E-state index in [4.69, 9.17) is 10.5 Å². The van der Waals surface area contributed by atoms with E-state index in [0.29, 0.717) is 17.0 Å². The van der Waals surface area contributed by atoms with Crippen LogP contribution < -0.4 is 15.8 Å². The van der Waals surface area contributed by atoms with Gasteiger partial charge in [0.15, 0.2) is 0 Å². The lowest BCUT2D eigenvalue weighted by molar-refractivity contribution is 0.0959. The number of nitrogens with two attached hydrogens (primary N) is 1. The zero-order chi connectivity index (χ0) is 16.3. The topological polar surface area (TPSA) is 90.1 Å². The summed E-state index contributed by atoms with van der Waals surface area (Å²) >= 11 is 3.41. The van der Waals surface area contributed by atoms with E-state index in [9.17, 15) is 4.79 Å². The number of halogens is 1. The molecule has 0 aliphatic rings. The molecule has 0 atom stereocenters. The minimum Gasteiger partial charge on any atom is -0.487 e. The molecule has 2 rings (SSSR count). The number of nitrogens with zero attached hydrogens (tertiary/aromatic N) is 2. The Labute approximate surface area is 137 Å². The van der Waals surface area contributed by atoms with E-state index in [0.717, 1.165) is 15.8 Å². The third-order valence-electron chi connectivity index (χ3n) is 3.14. The first-order chi connectivity index (χ1) is 10.4. The number of nitrogen functional groups attached to an aromatic ring is 1. The summed E-state index contributed by atoms with van der Waals surface area (Å²) < 4.78 is 6.75. The van der Waals surface area contributed by atoms with E-state index >= 15 is 0 Å². The number of ether oxygens (including phenoxy) is 1. The molecule has 22 heavy (non-hydrogen) atoms. The zero-order valence-corrected chi connectivity index (χ0v) is 14.2. The minimum atomic E-state index is -0.261. The molecule has 0 radical (unpaired) electrons. The van der Waals surface area contributed by atoms with E-state index in [1.807, 2.05) is 25.1 Å². The Bertz CT molecular complexity index is 719. The summed E-state index contributed by atoms with van der Waals surface area (Å²) in [5.41, 5.74) is 8.04. The Balaban J connectivity index is 2.30. The number of aromatic nitrogens is 2. The Morgan fingerprint density at radius 1 is 1.36 bits per heavy atom. The number of rotatable bonds is 4. The molecular weight excluding hydrogens is 348 g/mol. The van der Waals surface area contributed by atoms with Gasteiger partial charge in [-0.05, 0) is 37.6 Å². The molecule has 3 N–H and O–H groups in total. The van der Waals surface area contributed by atoms with E-state index in [1.165, 1.54) is 0 Å². The van der Waals surface area contributed by atoms with E-state index in [-0.39, 0.29) is 18.5 Å². The quantitative estimate of drug-likeness (QED) is 0.868. The van der Waals surface area contributed by atoms with Crippen LogP contribution in [-0.2, 0) is 6.61 Å². The van der Waals surface area contributed by atoms with Crippen molar-refractivity contribution in [2.24, 2.45) is 0 Å². The summed E-state index contributed by atoms with van der Waals surface area (Å²) in [5.74, 6) is 0.584. The summed E-state index contributed by atoms with van der Waals surface area (Å²) in [6, 6.07) is 5.70. The van der Waals surface area contributed by atoms with Gasteiger partial charge in [0.2, 0.25) is 5.95 Å². The van der Waals surface area contributed by atoms with Crippen molar-refractivity contribution in [2.45, 2.75) is 20.5 Å².